The van der Waals surface area contributed by atoms with Crippen LogP contribution in [0.15, 0.2) is 18.2 Å². The molecule has 1 heterocycles. The second kappa shape index (κ2) is 11.4. The zero-order valence-corrected chi connectivity index (χ0v) is 17.0. The normalized spacial score (nSPS) is 17.8. The first-order valence-electron chi connectivity index (χ1n) is 9.74. The third-order valence-electron chi connectivity index (χ3n) is 5.29. The lowest BCUT2D eigenvalue weighted by Gasteiger charge is -2.33. The van der Waals surface area contributed by atoms with Gasteiger partial charge in [0.1, 0.15) is 0 Å². The Bertz CT molecular complexity index is 502. The number of hydrogen-bond acceptors (Lipinski definition) is 3. The van der Waals surface area contributed by atoms with Crippen molar-refractivity contribution >= 4 is 23.2 Å². The molecular formula is C20H33Cl2N3. The van der Waals surface area contributed by atoms with Crippen molar-refractivity contribution in [3.8, 4) is 0 Å². The Morgan fingerprint density at radius 2 is 1.96 bits per heavy atom. The molecule has 0 bridgehead atoms. The first-order valence-corrected chi connectivity index (χ1v) is 10.5. The molecule has 1 fully saturated rings. The number of nitrogens with two attached hydrogens (primary N) is 1. The fourth-order valence-corrected chi connectivity index (χ4v) is 3.87. The van der Waals surface area contributed by atoms with Gasteiger partial charge in [0.05, 0.1) is 10.0 Å². The lowest BCUT2D eigenvalue weighted by molar-refractivity contribution is 0.192. The van der Waals surface area contributed by atoms with E-state index in [1.807, 2.05) is 12.1 Å². The highest BCUT2D eigenvalue weighted by molar-refractivity contribution is 6.42. The molecule has 142 valence electrons. The summed E-state index contributed by atoms with van der Waals surface area (Å²) >= 11 is 12.2. The second-order valence-corrected chi connectivity index (χ2v) is 7.99. The van der Waals surface area contributed by atoms with Crippen molar-refractivity contribution < 1.29 is 0 Å². The molecule has 2 rings (SSSR count). The summed E-state index contributed by atoms with van der Waals surface area (Å²) in [6.07, 6.45) is 7.52. The molecular weight excluding hydrogens is 353 g/mol. The lowest BCUT2D eigenvalue weighted by atomic mass is 9.95. The maximum atomic E-state index is 6.15. The molecule has 1 aromatic rings. The molecule has 0 spiro atoms. The summed E-state index contributed by atoms with van der Waals surface area (Å²) in [7, 11) is 0. The molecule has 0 saturated carbocycles. The first-order chi connectivity index (χ1) is 12.1. The number of nitrogens with zero attached hydrogens (tertiary/aromatic N) is 1. The van der Waals surface area contributed by atoms with Crippen molar-refractivity contribution in [1.82, 2.24) is 10.2 Å². The van der Waals surface area contributed by atoms with Gasteiger partial charge in [-0.3, -0.25) is 0 Å². The zero-order chi connectivity index (χ0) is 18.1. The highest BCUT2D eigenvalue weighted by Gasteiger charge is 2.20. The van der Waals surface area contributed by atoms with Crippen LogP contribution >= 0.6 is 23.2 Å². The number of unbranched alkanes of at least 4 members (excludes halogenated alkanes) is 2. The van der Waals surface area contributed by atoms with Gasteiger partial charge in [0.25, 0.3) is 0 Å². The van der Waals surface area contributed by atoms with Crippen LogP contribution in [0.3, 0.4) is 0 Å². The van der Waals surface area contributed by atoms with Crippen LogP contribution in [0.2, 0.25) is 10.0 Å². The van der Waals surface area contributed by atoms with Gasteiger partial charge in [-0.1, -0.05) is 49.0 Å². The molecule has 1 saturated heterocycles. The van der Waals surface area contributed by atoms with Crippen LogP contribution in [0, 0.1) is 0 Å². The van der Waals surface area contributed by atoms with Crippen LogP contribution < -0.4 is 11.1 Å². The Labute approximate surface area is 163 Å². The van der Waals surface area contributed by atoms with E-state index in [1.165, 1.54) is 57.3 Å². The number of nitrogens with one attached hydrogen (secondary N) is 1. The Morgan fingerprint density at radius 1 is 1.20 bits per heavy atom. The SMILES string of the molecule is CCCCCNC1CCN(CCC(CN)c2ccc(Cl)c(Cl)c2)CC1. The monoisotopic (exact) mass is 385 g/mol. The van der Waals surface area contributed by atoms with Crippen molar-refractivity contribution in [2.75, 3.05) is 32.7 Å². The van der Waals surface area contributed by atoms with Gasteiger partial charge in [-0.15, -0.1) is 0 Å². The largest absolute Gasteiger partial charge is 0.330 e. The third kappa shape index (κ3) is 7.07. The van der Waals surface area contributed by atoms with Gasteiger partial charge in [0, 0.05) is 6.04 Å². The van der Waals surface area contributed by atoms with Crippen LogP contribution in [-0.2, 0) is 0 Å². The minimum Gasteiger partial charge on any atom is -0.330 e. The number of hydrogen-bond donors (Lipinski definition) is 2. The van der Waals surface area contributed by atoms with E-state index < -0.39 is 0 Å². The smallest absolute Gasteiger partial charge is 0.0595 e. The van der Waals surface area contributed by atoms with Crippen molar-refractivity contribution in [3.05, 3.63) is 33.8 Å². The molecule has 3 nitrogen and oxygen atoms in total. The summed E-state index contributed by atoms with van der Waals surface area (Å²) in [6.45, 7) is 7.54. The van der Waals surface area contributed by atoms with Crippen molar-refractivity contribution in [1.29, 1.82) is 0 Å². The molecule has 1 unspecified atom stereocenters. The quantitative estimate of drug-likeness (QED) is 0.574. The molecule has 0 aromatic heterocycles. The number of likely N-dealkylation sites (tertiary alicyclic amines) is 1. The van der Waals surface area contributed by atoms with Crippen molar-refractivity contribution in [2.45, 2.75) is 57.4 Å². The van der Waals surface area contributed by atoms with E-state index in [4.69, 9.17) is 28.9 Å². The molecule has 0 aliphatic carbocycles. The standard InChI is InChI=1S/C20H33Cl2N3/c1-2-3-4-10-24-18-8-12-25(13-9-18)11-7-17(15-23)16-5-6-19(21)20(22)14-16/h5-6,14,17-18,24H,2-4,7-13,15,23H2,1H3. The molecule has 1 aromatic carbocycles. The summed E-state index contributed by atoms with van der Waals surface area (Å²) in [5.74, 6) is 0.347. The van der Waals surface area contributed by atoms with Crippen LogP contribution in [0.25, 0.3) is 0 Å². The summed E-state index contributed by atoms with van der Waals surface area (Å²) < 4.78 is 0. The minimum absolute atomic E-state index is 0.347. The Balaban J connectivity index is 1.71. The van der Waals surface area contributed by atoms with Crippen molar-refractivity contribution in [3.63, 3.8) is 0 Å². The zero-order valence-electron chi connectivity index (χ0n) is 15.4. The van der Waals surface area contributed by atoms with Gasteiger partial charge in [-0.2, -0.15) is 0 Å². The van der Waals surface area contributed by atoms with Crippen molar-refractivity contribution in [2.24, 2.45) is 5.73 Å². The summed E-state index contributed by atoms with van der Waals surface area (Å²) in [5.41, 5.74) is 7.20. The van der Waals surface area contributed by atoms with E-state index >= 15 is 0 Å². The van der Waals surface area contributed by atoms with Crippen LogP contribution in [-0.4, -0.2) is 43.7 Å². The number of halogens is 2. The predicted octanol–water partition coefficient (Wildman–Crippen LogP) is 4.67. The fraction of sp³-hybridized carbons (Fsp3) is 0.700. The Morgan fingerprint density at radius 3 is 2.60 bits per heavy atom. The highest BCUT2D eigenvalue weighted by Crippen LogP contribution is 2.28. The average Bonchev–Trinajstić information content (AvgIpc) is 2.63. The third-order valence-corrected chi connectivity index (χ3v) is 6.03. The van der Waals surface area contributed by atoms with E-state index in [1.54, 1.807) is 0 Å². The van der Waals surface area contributed by atoms with E-state index in [-0.39, 0.29) is 0 Å². The lowest BCUT2D eigenvalue weighted by Crippen LogP contribution is -2.43. The van der Waals surface area contributed by atoms with E-state index in [2.05, 4.69) is 23.2 Å². The predicted molar refractivity (Wildman–Crippen MR) is 110 cm³/mol. The fourth-order valence-electron chi connectivity index (χ4n) is 3.57. The minimum atomic E-state index is 0.347. The molecule has 1 aliphatic heterocycles. The average molecular weight is 386 g/mol. The van der Waals surface area contributed by atoms with Gasteiger partial charge < -0.3 is 16.0 Å². The number of piperidine rings is 1. The summed E-state index contributed by atoms with van der Waals surface area (Å²) in [6, 6.07) is 6.59. The first kappa shape index (κ1) is 21.0. The topological polar surface area (TPSA) is 41.3 Å². The van der Waals surface area contributed by atoms with E-state index in [0.717, 1.165) is 13.0 Å². The summed E-state index contributed by atoms with van der Waals surface area (Å²) in [5, 5.41) is 4.94. The molecule has 3 N–H and O–H groups in total. The Kier molecular flexibility index (Phi) is 9.57. The van der Waals surface area contributed by atoms with E-state index in [9.17, 15) is 0 Å². The molecule has 5 heteroatoms. The van der Waals surface area contributed by atoms with Gasteiger partial charge in [-0.25, -0.2) is 0 Å². The van der Waals surface area contributed by atoms with Crippen LogP contribution in [0.1, 0.15) is 56.9 Å². The maximum absolute atomic E-state index is 6.15. The molecule has 0 amide bonds. The van der Waals surface area contributed by atoms with Gasteiger partial charge >= 0.3 is 0 Å². The molecule has 1 atom stereocenters. The number of rotatable bonds is 10. The molecule has 0 radical (unpaired) electrons. The Hall–Kier alpha value is -0.320. The second-order valence-electron chi connectivity index (χ2n) is 7.17. The van der Waals surface area contributed by atoms with Gasteiger partial charge in [0.15, 0.2) is 0 Å². The van der Waals surface area contributed by atoms with Gasteiger partial charge in [-0.05, 0) is 82.0 Å². The van der Waals surface area contributed by atoms with Crippen LogP contribution in [0.5, 0.6) is 0 Å². The summed E-state index contributed by atoms with van der Waals surface area (Å²) in [4.78, 5) is 2.57. The molecule has 1 aliphatic rings. The highest BCUT2D eigenvalue weighted by atomic mass is 35.5. The van der Waals surface area contributed by atoms with Gasteiger partial charge in [0.2, 0.25) is 0 Å². The van der Waals surface area contributed by atoms with E-state index in [0.29, 0.717) is 28.5 Å². The number of benzene rings is 1. The molecule has 25 heavy (non-hydrogen) atoms. The maximum Gasteiger partial charge on any atom is 0.0595 e. The van der Waals surface area contributed by atoms with Crippen LogP contribution in [0.4, 0.5) is 0 Å².